The Morgan fingerprint density at radius 2 is 2.05 bits per heavy atom. The summed E-state index contributed by atoms with van der Waals surface area (Å²) in [5, 5.41) is 3.26. The van der Waals surface area contributed by atoms with Crippen molar-refractivity contribution in [2.45, 2.75) is 25.1 Å². The Kier molecular flexibility index (Phi) is 4.24. The molecule has 3 heterocycles. The lowest BCUT2D eigenvalue weighted by Crippen LogP contribution is -2.46. The average molecular weight is 374 g/mol. The van der Waals surface area contributed by atoms with Crippen LogP contribution in [0.4, 0.5) is 13.2 Å². The standard InChI is InChI=1S/C12H12BrF3N2O.ClH/c13-8-2-9-7-1-6(3-17-4-7)5-18(9)11(19)10(8)12(14,15)16;/h2,6-7,17H,1,3-5H2;1H/t6?,7-;/m0./s1. The second-order valence-electron chi connectivity index (χ2n) is 5.16. The molecule has 1 unspecified atom stereocenters. The summed E-state index contributed by atoms with van der Waals surface area (Å²) in [5.74, 6) is 0.366. The molecule has 112 valence electrons. The minimum absolute atomic E-state index is 0. The van der Waals surface area contributed by atoms with Gasteiger partial charge in [0.05, 0.1) is 0 Å². The summed E-state index contributed by atoms with van der Waals surface area (Å²) >= 11 is 2.90. The molecule has 8 heteroatoms. The van der Waals surface area contributed by atoms with Gasteiger partial charge in [0.25, 0.3) is 5.56 Å². The molecule has 3 rings (SSSR count). The van der Waals surface area contributed by atoms with Crippen LogP contribution in [-0.2, 0) is 12.7 Å². The fraction of sp³-hybridized carbons (Fsp3) is 0.583. The predicted octanol–water partition coefficient (Wildman–Crippen LogP) is 2.76. The van der Waals surface area contributed by atoms with Crippen LogP contribution >= 0.6 is 28.3 Å². The number of halogens is 5. The Labute approximate surface area is 128 Å². The highest BCUT2D eigenvalue weighted by Gasteiger charge is 2.40. The molecule has 1 N–H and O–H groups in total. The number of rotatable bonds is 0. The van der Waals surface area contributed by atoms with Gasteiger partial charge >= 0.3 is 6.18 Å². The van der Waals surface area contributed by atoms with E-state index < -0.39 is 17.3 Å². The maximum absolute atomic E-state index is 12.9. The van der Waals surface area contributed by atoms with Gasteiger partial charge in [-0.3, -0.25) is 4.79 Å². The molecular weight excluding hydrogens is 360 g/mol. The van der Waals surface area contributed by atoms with Gasteiger partial charge in [-0.2, -0.15) is 13.2 Å². The third kappa shape index (κ3) is 2.51. The predicted molar refractivity (Wildman–Crippen MR) is 74.4 cm³/mol. The van der Waals surface area contributed by atoms with E-state index in [0.29, 0.717) is 18.8 Å². The van der Waals surface area contributed by atoms with Crippen LogP contribution in [0, 0.1) is 5.92 Å². The van der Waals surface area contributed by atoms with Crippen molar-refractivity contribution < 1.29 is 13.2 Å². The lowest BCUT2D eigenvalue weighted by Gasteiger charge is -2.37. The Balaban J connectivity index is 0.00000147. The summed E-state index contributed by atoms with van der Waals surface area (Å²) in [6.07, 6.45) is -3.69. The van der Waals surface area contributed by atoms with Crippen molar-refractivity contribution in [3.63, 3.8) is 0 Å². The number of hydrogen-bond donors (Lipinski definition) is 1. The zero-order valence-electron chi connectivity index (χ0n) is 10.3. The van der Waals surface area contributed by atoms with Gasteiger partial charge in [0.2, 0.25) is 0 Å². The first-order valence-electron chi connectivity index (χ1n) is 6.09. The van der Waals surface area contributed by atoms with Crippen LogP contribution in [0.1, 0.15) is 23.6 Å². The van der Waals surface area contributed by atoms with Crippen molar-refractivity contribution in [3.8, 4) is 0 Å². The van der Waals surface area contributed by atoms with Gasteiger partial charge in [0.1, 0.15) is 5.56 Å². The van der Waals surface area contributed by atoms with Gasteiger partial charge in [-0.25, -0.2) is 0 Å². The zero-order valence-corrected chi connectivity index (χ0v) is 12.7. The Morgan fingerprint density at radius 1 is 1.35 bits per heavy atom. The Morgan fingerprint density at radius 3 is 2.70 bits per heavy atom. The topological polar surface area (TPSA) is 34.0 Å². The average Bonchev–Trinajstić information content (AvgIpc) is 2.30. The molecule has 2 aliphatic rings. The molecule has 0 aliphatic carbocycles. The lowest BCUT2D eigenvalue weighted by molar-refractivity contribution is -0.139. The highest BCUT2D eigenvalue weighted by Crippen LogP contribution is 2.37. The van der Waals surface area contributed by atoms with Crippen molar-refractivity contribution in [1.29, 1.82) is 0 Å². The van der Waals surface area contributed by atoms with E-state index >= 15 is 0 Å². The van der Waals surface area contributed by atoms with Crippen LogP contribution in [0.2, 0.25) is 0 Å². The fourth-order valence-corrected chi connectivity index (χ4v) is 3.70. The summed E-state index contributed by atoms with van der Waals surface area (Å²) in [5.41, 5.74) is -1.31. The van der Waals surface area contributed by atoms with Crippen LogP contribution in [0.25, 0.3) is 0 Å². The van der Waals surface area contributed by atoms with Gasteiger partial charge in [-0.15, -0.1) is 12.4 Å². The number of fused-ring (bicyclic) bond motifs is 4. The van der Waals surface area contributed by atoms with E-state index in [1.54, 1.807) is 0 Å². The van der Waals surface area contributed by atoms with E-state index in [2.05, 4.69) is 21.2 Å². The van der Waals surface area contributed by atoms with Crippen molar-refractivity contribution in [2.75, 3.05) is 13.1 Å². The van der Waals surface area contributed by atoms with Crippen LogP contribution in [0.5, 0.6) is 0 Å². The van der Waals surface area contributed by atoms with E-state index in [0.717, 1.165) is 13.0 Å². The van der Waals surface area contributed by atoms with E-state index in [4.69, 9.17) is 0 Å². The molecule has 0 aromatic carbocycles. The van der Waals surface area contributed by atoms with Crippen LogP contribution in [0.3, 0.4) is 0 Å². The molecule has 2 aliphatic heterocycles. The second-order valence-corrected chi connectivity index (χ2v) is 6.02. The smallest absolute Gasteiger partial charge is 0.316 e. The molecule has 0 radical (unpaired) electrons. The first-order valence-corrected chi connectivity index (χ1v) is 6.88. The molecule has 2 bridgehead atoms. The summed E-state index contributed by atoms with van der Waals surface area (Å²) in [6, 6.07) is 1.46. The van der Waals surface area contributed by atoms with Crippen molar-refractivity contribution >= 4 is 28.3 Å². The van der Waals surface area contributed by atoms with Gasteiger partial charge in [-0.1, -0.05) is 0 Å². The molecule has 3 nitrogen and oxygen atoms in total. The number of alkyl halides is 3. The van der Waals surface area contributed by atoms with Crippen molar-refractivity contribution in [2.24, 2.45) is 5.92 Å². The first kappa shape index (κ1) is 15.9. The SMILES string of the molecule is Cl.O=c1c(C(F)(F)F)c(Br)cc2n1CC1CNC[C@@H]2C1. The first-order chi connectivity index (χ1) is 8.88. The van der Waals surface area contributed by atoms with E-state index in [1.165, 1.54) is 10.6 Å². The maximum Gasteiger partial charge on any atom is 0.422 e. The third-order valence-corrected chi connectivity index (χ3v) is 4.49. The summed E-state index contributed by atoms with van der Waals surface area (Å²) in [6.45, 7) is 1.85. The minimum atomic E-state index is -4.62. The molecule has 0 saturated carbocycles. The maximum atomic E-state index is 12.9. The van der Waals surface area contributed by atoms with Crippen LogP contribution in [-0.4, -0.2) is 17.7 Å². The highest BCUT2D eigenvalue weighted by atomic mass is 79.9. The minimum Gasteiger partial charge on any atom is -0.316 e. The zero-order chi connectivity index (χ0) is 13.8. The van der Waals surface area contributed by atoms with E-state index in [1.807, 2.05) is 0 Å². The van der Waals surface area contributed by atoms with Crippen LogP contribution in [0.15, 0.2) is 15.3 Å². The van der Waals surface area contributed by atoms with Gasteiger partial charge in [-0.05, 0) is 40.9 Å². The summed E-state index contributed by atoms with van der Waals surface area (Å²) in [4.78, 5) is 12.1. The molecule has 1 aromatic heterocycles. The number of nitrogens with one attached hydrogen (secondary N) is 1. The van der Waals surface area contributed by atoms with Crippen LogP contribution < -0.4 is 10.9 Å². The number of hydrogen-bond acceptors (Lipinski definition) is 2. The molecule has 2 atom stereocenters. The van der Waals surface area contributed by atoms with Gasteiger partial charge < -0.3 is 9.88 Å². The largest absolute Gasteiger partial charge is 0.422 e. The monoisotopic (exact) mass is 372 g/mol. The molecular formula is C12H13BrClF3N2O. The normalized spacial score (nSPS) is 24.8. The number of nitrogens with zero attached hydrogens (tertiary/aromatic N) is 1. The molecule has 0 amide bonds. The Hall–Kier alpha value is -0.530. The van der Waals surface area contributed by atoms with E-state index in [9.17, 15) is 18.0 Å². The number of piperidine rings is 1. The molecule has 1 aromatic rings. The van der Waals surface area contributed by atoms with Gasteiger partial charge in [0.15, 0.2) is 0 Å². The Bertz CT molecular complexity index is 587. The highest BCUT2D eigenvalue weighted by molar-refractivity contribution is 9.10. The molecule has 1 fully saturated rings. The quantitative estimate of drug-likeness (QED) is 0.759. The molecule has 1 saturated heterocycles. The number of pyridine rings is 1. The number of aromatic nitrogens is 1. The fourth-order valence-electron chi connectivity index (χ4n) is 3.07. The summed E-state index contributed by atoms with van der Waals surface area (Å²) in [7, 11) is 0. The molecule has 0 spiro atoms. The molecule has 20 heavy (non-hydrogen) atoms. The van der Waals surface area contributed by atoms with E-state index in [-0.39, 0.29) is 28.7 Å². The lowest BCUT2D eigenvalue weighted by atomic mass is 9.84. The van der Waals surface area contributed by atoms with Crippen molar-refractivity contribution in [3.05, 3.63) is 32.2 Å². The summed E-state index contributed by atoms with van der Waals surface area (Å²) < 4.78 is 39.9. The third-order valence-electron chi connectivity index (χ3n) is 3.87. The van der Waals surface area contributed by atoms with Crippen molar-refractivity contribution in [1.82, 2.24) is 9.88 Å². The van der Waals surface area contributed by atoms with Gasteiger partial charge in [0, 0.05) is 29.2 Å². The second kappa shape index (κ2) is 5.35.